The molecular weight excluding hydrogens is 471 g/mol. The van der Waals surface area contributed by atoms with E-state index in [2.05, 4.69) is 20.7 Å². The van der Waals surface area contributed by atoms with Crippen LogP contribution in [0.25, 0.3) is 21.9 Å². The summed E-state index contributed by atoms with van der Waals surface area (Å²) in [7, 11) is 1.99. The van der Waals surface area contributed by atoms with Gasteiger partial charge in [-0.05, 0) is 37.1 Å². The van der Waals surface area contributed by atoms with Gasteiger partial charge in [-0.1, -0.05) is 0 Å². The van der Waals surface area contributed by atoms with Crippen LogP contribution in [0.2, 0.25) is 0 Å². The van der Waals surface area contributed by atoms with E-state index in [4.69, 9.17) is 9.72 Å². The largest absolute Gasteiger partial charge is 0.381 e. The van der Waals surface area contributed by atoms with E-state index in [0.717, 1.165) is 16.6 Å². The van der Waals surface area contributed by atoms with E-state index >= 15 is 0 Å². The highest BCUT2D eigenvalue weighted by Crippen LogP contribution is 2.33. The minimum Gasteiger partial charge on any atom is -0.381 e. The van der Waals surface area contributed by atoms with Gasteiger partial charge in [-0.2, -0.15) is 10.1 Å². The van der Waals surface area contributed by atoms with E-state index in [1.165, 1.54) is 0 Å². The Morgan fingerprint density at radius 3 is 2.56 bits per heavy atom. The van der Waals surface area contributed by atoms with Crippen molar-refractivity contribution in [2.24, 2.45) is 7.05 Å². The van der Waals surface area contributed by atoms with Gasteiger partial charge in [0.15, 0.2) is 23.1 Å². The van der Waals surface area contributed by atoms with E-state index in [-0.39, 0.29) is 11.9 Å². The van der Waals surface area contributed by atoms with Crippen molar-refractivity contribution in [1.29, 1.82) is 0 Å². The van der Waals surface area contributed by atoms with Gasteiger partial charge in [0, 0.05) is 61.4 Å². The number of nitrogens with zero attached hydrogens (tertiary/aromatic N) is 5. The molecule has 5 aromatic rings. The van der Waals surface area contributed by atoms with Crippen LogP contribution in [-0.2, 0) is 11.8 Å². The second-order valence-electron chi connectivity index (χ2n) is 8.76. The molecule has 1 saturated heterocycles. The second-order valence-corrected chi connectivity index (χ2v) is 8.76. The van der Waals surface area contributed by atoms with E-state index in [1.807, 2.05) is 42.1 Å². The molecule has 11 heteroatoms. The molecule has 1 aliphatic heterocycles. The Bertz CT molecular complexity index is 1570. The Kier molecular flexibility index (Phi) is 5.48. The summed E-state index contributed by atoms with van der Waals surface area (Å²) in [6, 6.07) is 9.20. The molecule has 184 valence electrons. The van der Waals surface area contributed by atoms with Crippen LogP contribution in [0.4, 0.5) is 36.3 Å². The summed E-state index contributed by atoms with van der Waals surface area (Å²) in [5.41, 5.74) is 1.93. The van der Waals surface area contributed by atoms with Crippen LogP contribution in [0.5, 0.6) is 0 Å². The second kappa shape index (κ2) is 8.83. The van der Waals surface area contributed by atoms with E-state index in [0.29, 0.717) is 55.2 Å². The number of halogens is 3. The van der Waals surface area contributed by atoms with E-state index in [1.54, 1.807) is 10.9 Å². The Morgan fingerprint density at radius 2 is 1.78 bits per heavy atom. The number of anilines is 4. The summed E-state index contributed by atoms with van der Waals surface area (Å²) < 4.78 is 51.3. The highest BCUT2D eigenvalue weighted by atomic mass is 19.1. The van der Waals surface area contributed by atoms with Crippen LogP contribution >= 0.6 is 0 Å². The molecule has 1 fully saturated rings. The fraction of sp³-hybridized carbons (Fsp3) is 0.240. The molecule has 2 N–H and O–H groups in total. The maximum absolute atomic E-state index is 14.3. The van der Waals surface area contributed by atoms with Crippen molar-refractivity contribution < 1.29 is 17.9 Å². The van der Waals surface area contributed by atoms with Crippen LogP contribution in [0.3, 0.4) is 0 Å². The molecule has 0 amide bonds. The first kappa shape index (κ1) is 22.4. The molecular formula is C25H22F3N7O. The van der Waals surface area contributed by atoms with Crippen LogP contribution in [-0.4, -0.2) is 37.5 Å². The van der Waals surface area contributed by atoms with Crippen molar-refractivity contribution in [3.63, 3.8) is 0 Å². The Morgan fingerprint density at radius 1 is 1.00 bits per heavy atom. The molecule has 0 aliphatic carbocycles. The number of hydrogen-bond acceptors (Lipinski definition) is 6. The lowest BCUT2D eigenvalue weighted by atomic mass is 10.1. The van der Waals surface area contributed by atoms with Gasteiger partial charge in [0.25, 0.3) is 0 Å². The summed E-state index contributed by atoms with van der Waals surface area (Å²) in [5.74, 6) is -2.58. The summed E-state index contributed by atoms with van der Waals surface area (Å²) in [4.78, 5) is 9.11. The SMILES string of the molecule is Cn1ccc2cc(Nc3ncc4c(Nc5c(F)cc(F)cc5F)nn(C5CCOCC5)c4n3)ccc21. The number of benzene rings is 2. The molecule has 0 saturated carbocycles. The Hall–Kier alpha value is -4.12. The van der Waals surface area contributed by atoms with Crippen LogP contribution in [0, 0.1) is 17.5 Å². The zero-order valence-electron chi connectivity index (χ0n) is 19.3. The number of ether oxygens (including phenoxy) is 1. The zero-order valence-corrected chi connectivity index (χ0v) is 19.3. The molecule has 0 spiro atoms. The smallest absolute Gasteiger partial charge is 0.229 e. The molecule has 0 bridgehead atoms. The number of hydrogen-bond donors (Lipinski definition) is 2. The number of aromatic nitrogens is 5. The van der Waals surface area contributed by atoms with Gasteiger partial charge in [0.1, 0.15) is 11.5 Å². The molecule has 1 aliphatic rings. The van der Waals surface area contributed by atoms with Crippen LogP contribution in [0.1, 0.15) is 18.9 Å². The molecule has 0 unspecified atom stereocenters. The normalized spacial score (nSPS) is 14.6. The maximum Gasteiger partial charge on any atom is 0.229 e. The van der Waals surface area contributed by atoms with Crippen molar-refractivity contribution in [3.8, 4) is 0 Å². The molecule has 36 heavy (non-hydrogen) atoms. The van der Waals surface area contributed by atoms with Crippen molar-refractivity contribution >= 4 is 45.1 Å². The first-order valence-corrected chi connectivity index (χ1v) is 11.5. The molecule has 6 rings (SSSR count). The lowest BCUT2D eigenvalue weighted by molar-refractivity contribution is 0.0674. The molecule has 3 aromatic heterocycles. The molecule has 8 nitrogen and oxygen atoms in total. The third kappa shape index (κ3) is 4.01. The standard InChI is InChI=1S/C25H22F3N7O/c1-34-7-4-14-10-16(2-3-21(14)34)30-25-29-13-18-23(31-22-19(27)11-15(26)12-20(22)28)33-35(24(18)32-25)17-5-8-36-9-6-17/h2-4,7,10-13,17H,5-6,8-9H2,1H3,(H,31,33)(H,29,30,32). The number of aryl methyl sites for hydroxylation is 1. The van der Waals surface area contributed by atoms with Gasteiger partial charge in [0.2, 0.25) is 5.95 Å². The lowest BCUT2D eigenvalue weighted by Gasteiger charge is -2.22. The summed E-state index contributed by atoms with van der Waals surface area (Å²) in [6.07, 6.45) is 4.97. The summed E-state index contributed by atoms with van der Waals surface area (Å²) >= 11 is 0. The van der Waals surface area contributed by atoms with Gasteiger partial charge >= 0.3 is 0 Å². The minimum absolute atomic E-state index is 0.0110. The number of fused-ring (bicyclic) bond motifs is 2. The van der Waals surface area contributed by atoms with E-state index in [9.17, 15) is 13.2 Å². The number of nitrogens with one attached hydrogen (secondary N) is 2. The minimum atomic E-state index is -1.06. The van der Waals surface area contributed by atoms with Crippen molar-refractivity contribution in [2.75, 3.05) is 23.8 Å². The van der Waals surface area contributed by atoms with Gasteiger partial charge in [0.05, 0.1) is 11.4 Å². The van der Waals surface area contributed by atoms with Gasteiger partial charge < -0.3 is 19.9 Å². The lowest BCUT2D eigenvalue weighted by Crippen LogP contribution is -2.21. The molecule has 0 atom stereocenters. The van der Waals surface area contributed by atoms with Crippen molar-refractivity contribution in [1.82, 2.24) is 24.3 Å². The summed E-state index contributed by atoms with van der Waals surface area (Å²) in [6.45, 7) is 1.15. The Balaban J connectivity index is 1.40. The predicted octanol–water partition coefficient (Wildman–Crippen LogP) is 5.57. The average molecular weight is 493 g/mol. The van der Waals surface area contributed by atoms with E-state index < -0.39 is 23.1 Å². The third-order valence-electron chi connectivity index (χ3n) is 6.38. The van der Waals surface area contributed by atoms with Gasteiger partial charge in [-0.25, -0.2) is 22.8 Å². The number of rotatable bonds is 5. The predicted molar refractivity (Wildman–Crippen MR) is 130 cm³/mol. The molecule has 2 aromatic carbocycles. The fourth-order valence-corrected chi connectivity index (χ4v) is 4.53. The van der Waals surface area contributed by atoms with Crippen molar-refractivity contribution in [3.05, 3.63) is 66.2 Å². The molecule has 0 radical (unpaired) electrons. The zero-order chi connectivity index (χ0) is 24.8. The average Bonchev–Trinajstić information content (AvgIpc) is 3.41. The first-order valence-electron chi connectivity index (χ1n) is 11.5. The highest BCUT2D eigenvalue weighted by Gasteiger charge is 2.24. The fourth-order valence-electron chi connectivity index (χ4n) is 4.53. The summed E-state index contributed by atoms with van der Waals surface area (Å²) in [5, 5.41) is 12.1. The maximum atomic E-state index is 14.3. The monoisotopic (exact) mass is 493 g/mol. The molecule has 4 heterocycles. The quantitative estimate of drug-likeness (QED) is 0.333. The topological polar surface area (TPSA) is 81.8 Å². The highest BCUT2D eigenvalue weighted by molar-refractivity contribution is 5.90. The van der Waals surface area contributed by atoms with Gasteiger partial charge in [-0.3, -0.25) is 0 Å². The van der Waals surface area contributed by atoms with Crippen LogP contribution < -0.4 is 10.6 Å². The first-order chi connectivity index (χ1) is 17.5. The Labute approximate surface area is 203 Å². The van der Waals surface area contributed by atoms with Crippen LogP contribution in [0.15, 0.2) is 48.8 Å². The van der Waals surface area contributed by atoms with Crippen molar-refractivity contribution in [2.45, 2.75) is 18.9 Å². The van der Waals surface area contributed by atoms with Gasteiger partial charge in [-0.15, -0.1) is 0 Å². The third-order valence-corrected chi connectivity index (χ3v) is 6.38.